The van der Waals surface area contributed by atoms with Gasteiger partial charge in [0, 0.05) is 19.3 Å². The summed E-state index contributed by atoms with van der Waals surface area (Å²) in [6.07, 6.45) is 4.29. The Kier molecular flexibility index (Phi) is 5.66. The van der Waals surface area contributed by atoms with Gasteiger partial charge in [0.25, 0.3) is 0 Å². The SMILES string of the molecule is Cc1ccccc1C(C(=O)NCCCn1ccnn1)N(C)C. The van der Waals surface area contributed by atoms with E-state index in [1.807, 2.05) is 56.4 Å². The minimum absolute atomic E-state index is 0.0258. The third-order valence-electron chi connectivity index (χ3n) is 3.58. The Hall–Kier alpha value is -2.21. The number of carbonyl (C=O) groups is 1. The van der Waals surface area contributed by atoms with Crippen LogP contribution < -0.4 is 5.32 Å². The average Bonchev–Trinajstić information content (AvgIpc) is 2.99. The lowest BCUT2D eigenvalue weighted by atomic mass is 10.00. The number of aromatic nitrogens is 3. The number of hydrogen-bond acceptors (Lipinski definition) is 4. The van der Waals surface area contributed by atoms with Crippen LogP contribution >= 0.6 is 0 Å². The van der Waals surface area contributed by atoms with Gasteiger partial charge in [-0.2, -0.15) is 0 Å². The van der Waals surface area contributed by atoms with Crippen molar-refractivity contribution < 1.29 is 4.79 Å². The van der Waals surface area contributed by atoms with Crippen molar-refractivity contribution in [1.82, 2.24) is 25.2 Å². The van der Waals surface area contributed by atoms with E-state index in [9.17, 15) is 4.79 Å². The smallest absolute Gasteiger partial charge is 0.241 e. The van der Waals surface area contributed by atoms with Crippen LogP contribution in [-0.2, 0) is 11.3 Å². The summed E-state index contributed by atoms with van der Waals surface area (Å²) in [6, 6.07) is 7.73. The number of likely N-dealkylation sites (N-methyl/N-ethyl adjacent to an activating group) is 1. The van der Waals surface area contributed by atoms with Gasteiger partial charge in [-0.3, -0.25) is 14.4 Å². The first-order valence-corrected chi connectivity index (χ1v) is 7.43. The molecule has 1 aromatic heterocycles. The third-order valence-corrected chi connectivity index (χ3v) is 3.58. The van der Waals surface area contributed by atoms with Crippen LogP contribution in [0.5, 0.6) is 0 Å². The molecule has 22 heavy (non-hydrogen) atoms. The summed E-state index contributed by atoms with van der Waals surface area (Å²) in [5.74, 6) is 0.0258. The molecule has 118 valence electrons. The maximum absolute atomic E-state index is 12.5. The first kappa shape index (κ1) is 16.2. The van der Waals surface area contributed by atoms with E-state index in [0.29, 0.717) is 6.54 Å². The molecule has 0 saturated carbocycles. The van der Waals surface area contributed by atoms with Gasteiger partial charge in [-0.05, 0) is 38.6 Å². The van der Waals surface area contributed by atoms with E-state index in [1.165, 1.54) is 0 Å². The molecule has 0 fully saturated rings. The van der Waals surface area contributed by atoms with Gasteiger partial charge >= 0.3 is 0 Å². The minimum Gasteiger partial charge on any atom is -0.354 e. The molecule has 0 aliphatic heterocycles. The molecule has 1 N–H and O–H groups in total. The van der Waals surface area contributed by atoms with E-state index in [2.05, 4.69) is 15.6 Å². The van der Waals surface area contributed by atoms with Gasteiger partial charge in [-0.15, -0.1) is 5.10 Å². The molecule has 0 aliphatic carbocycles. The molecule has 6 nitrogen and oxygen atoms in total. The van der Waals surface area contributed by atoms with E-state index in [-0.39, 0.29) is 11.9 Å². The lowest BCUT2D eigenvalue weighted by Crippen LogP contribution is -2.38. The molecule has 1 unspecified atom stereocenters. The lowest BCUT2D eigenvalue weighted by molar-refractivity contribution is -0.125. The van der Waals surface area contributed by atoms with Crippen LogP contribution in [0.3, 0.4) is 0 Å². The van der Waals surface area contributed by atoms with Crippen molar-refractivity contribution in [2.24, 2.45) is 0 Å². The van der Waals surface area contributed by atoms with Gasteiger partial charge in [0.2, 0.25) is 5.91 Å². The van der Waals surface area contributed by atoms with Gasteiger partial charge in [0.1, 0.15) is 6.04 Å². The predicted molar refractivity (Wildman–Crippen MR) is 85.3 cm³/mol. The van der Waals surface area contributed by atoms with Crippen LogP contribution in [0.1, 0.15) is 23.6 Å². The fraction of sp³-hybridized carbons (Fsp3) is 0.438. The van der Waals surface area contributed by atoms with Gasteiger partial charge in [0.05, 0.1) is 6.20 Å². The summed E-state index contributed by atoms with van der Waals surface area (Å²) in [6.45, 7) is 3.40. The molecule has 2 rings (SSSR count). The first-order chi connectivity index (χ1) is 10.6. The van der Waals surface area contributed by atoms with Crippen molar-refractivity contribution >= 4 is 5.91 Å². The zero-order valence-corrected chi connectivity index (χ0v) is 13.4. The van der Waals surface area contributed by atoms with Gasteiger partial charge in [-0.25, -0.2) is 0 Å². The quantitative estimate of drug-likeness (QED) is 0.785. The van der Waals surface area contributed by atoms with Crippen molar-refractivity contribution in [2.75, 3.05) is 20.6 Å². The van der Waals surface area contributed by atoms with E-state index in [0.717, 1.165) is 24.1 Å². The highest BCUT2D eigenvalue weighted by molar-refractivity contribution is 5.83. The first-order valence-electron chi connectivity index (χ1n) is 7.43. The summed E-state index contributed by atoms with van der Waals surface area (Å²) in [7, 11) is 3.85. The van der Waals surface area contributed by atoms with Crippen molar-refractivity contribution in [2.45, 2.75) is 25.9 Å². The van der Waals surface area contributed by atoms with Crippen LogP contribution in [0.2, 0.25) is 0 Å². The maximum Gasteiger partial charge on any atom is 0.241 e. The third kappa shape index (κ3) is 4.14. The highest BCUT2D eigenvalue weighted by Crippen LogP contribution is 2.21. The summed E-state index contributed by atoms with van der Waals surface area (Å²) in [5.41, 5.74) is 2.17. The number of aryl methyl sites for hydroxylation is 2. The number of amides is 1. The predicted octanol–water partition coefficient (Wildman–Crippen LogP) is 1.40. The van der Waals surface area contributed by atoms with Crippen LogP contribution in [0.25, 0.3) is 0 Å². The number of nitrogens with one attached hydrogen (secondary N) is 1. The fourth-order valence-corrected chi connectivity index (χ4v) is 2.45. The second-order valence-corrected chi connectivity index (χ2v) is 5.53. The molecule has 0 radical (unpaired) electrons. The molecule has 1 aromatic carbocycles. The minimum atomic E-state index is -0.271. The van der Waals surface area contributed by atoms with Crippen molar-refractivity contribution in [3.8, 4) is 0 Å². The summed E-state index contributed by atoms with van der Waals surface area (Å²) in [4.78, 5) is 14.5. The molecule has 2 aromatic rings. The Bertz CT molecular complexity index is 594. The van der Waals surface area contributed by atoms with Crippen molar-refractivity contribution in [3.63, 3.8) is 0 Å². The molecule has 0 bridgehead atoms. The van der Waals surface area contributed by atoms with E-state index in [1.54, 1.807) is 10.9 Å². The van der Waals surface area contributed by atoms with E-state index < -0.39 is 0 Å². The molecule has 0 saturated heterocycles. The van der Waals surface area contributed by atoms with Gasteiger partial charge < -0.3 is 5.32 Å². The molecular formula is C16H23N5O. The Morgan fingerprint density at radius 1 is 1.36 bits per heavy atom. The normalized spacial score (nSPS) is 12.4. The number of benzene rings is 1. The van der Waals surface area contributed by atoms with Crippen LogP contribution in [0, 0.1) is 6.92 Å². The molecule has 0 aliphatic rings. The number of rotatable bonds is 7. The maximum atomic E-state index is 12.5. The summed E-state index contributed by atoms with van der Waals surface area (Å²) < 4.78 is 1.76. The Balaban J connectivity index is 1.91. The lowest BCUT2D eigenvalue weighted by Gasteiger charge is -2.25. The number of hydrogen-bond donors (Lipinski definition) is 1. The molecular weight excluding hydrogens is 278 g/mol. The van der Waals surface area contributed by atoms with Crippen LogP contribution in [0.4, 0.5) is 0 Å². The zero-order chi connectivity index (χ0) is 15.9. The Morgan fingerprint density at radius 2 is 2.14 bits per heavy atom. The number of nitrogens with zero attached hydrogens (tertiary/aromatic N) is 4. The largest absolute Gasteiger partial charge is 0.354 e. The average molecular weight is 301 g/mol. The zero-order valence-electron chi connectivity index (χ0n) is 13.4. The number of carbonyl (C=O) groups excluding carboxylic acids is 1. The highest BCUT2D eigenvalue weighted by Gasteiger charge is 2.23. The van der Waals surface area contributed by atoms with Gasteiger partial charge in [0.15, 0.2) is 0 Å². The Labute approximate surface area is 131 Å². The van der Waals surface area contributed by atoms with Crippen LogP contribution in [0.15, 0.2) is 36.7 Å². The van der Waals surface area contributed by atoms with Crippen LogP contribution in [-0.4, -0.2) is 46.4 Å². The van der Waals surface area contributed by atoms with E-state index in [4.69, 9.17) is 0 Å². The highest BCUT2D eigenvalue weighted by atomic mass is 16.2. The van der Waals surface area contributed by atoms with Crippen molar-refractivity contribution in [1.29, 1.82) is 0 Å². The topological polar surface area (TPSA) is 63.1 Å². The van der Waals surface area contributed by atoms with Crippen molar-refractivity contribution in [3.05, 3.63) is 47.8 Å². The molecule has 6 heteroatoms. The standard InChI is InChI=1S/C16H23N5O/c1-13-7-4-5-8-14(13)15(20(2)3)16(22)17-9-6-11-21-12-10-18-19-21/h4-5,7-8,10,12,15H,6,9,11H2,1-3H3,(H,17,22). The molecule has 0 spiro atoms. The summed E-state index contributed by atoms with van der Waals surface area (Å²) in [5, 5.41) is 10.7. The Morgan fingerprint density at radius 3 is 2.77 bits per heavy atom. The van der Waals surface area contributed by atoms with Gasteiger partial charge in [-0.1, -0.05) is 29.5 Å². The molecule has 1 amide bonds. The second-order valence-electron chi connectivity index (χ2n) is 5.53. The monoisotopic (exact) mass is 301 g/mol. The molecule has 1 atom stereocenters. The fourth-order valence-electron chi connectivity index (χ4n) is 2.45. The molecule has 1 heterocycles. The van der Waals surface area contributed by atoms with E-state index >= 15 is 0 Å². The summed E-state index contributed by atoms with van der Waals surface area (Å²) >= 11 is 0. The second kappa shape index (κ2) is 7.70.